The van der Waals surface area contributed by atoms with Gasteiger partial charge in [-0.2, -0.15) is 0 Å². The molecule has 0 heterocycles. The van der Waals surface area contributed by atoms with E-state index in [1.807, 2.05) is 0 Å². The summed E-state index contributed by atoms with van der Waals surface area (Å²) < 4.78 is 22.5. The van der Waals surface area contributed by atoms with Crippen LogP contribution < -0.4 is 0 Å². The Hall–Kier alpha value is -0.564. The standard InChI is InChI=1S/C10H18Si.3CO.Fe/c1-9-6-5-7-10(8-9)11(2,3)4;3*1-2;/h7-8H,5-6H2,1-4H3;;;;. The summed E-state index contributed by atoms with van der Waals surface area (Å²) in [4.78, 5) is 0. The van der Waals surface area contributed by atoms with Crippen molar-refractivity contribution in [3.8, 4) is 0 Å². The molecule has 0 saturated carbocycles. The first-order valence-electron chi connectivity index (χ1n) is 4.99. The van der Waals surface area contributed by atoms with Crippen LogP contribution in [0.1, 0.15) is 19.8 Å². The van der Waals surface area contributed by atoms with Gasteiger partial charge in [-0.1, -0.05) is 42.6 Å². The molecule has 0 bridgehead atoms. The molecule has 0 N–H and O–H groups in total. The maximum atomic E-state index is 7.50. The van der Waals surface area contributed by atoms with Gasteiger partial charge in [-0.3, -0.25) is 0 Å². The van der Waals surface area contributed by atoms with Crippen molar-refractivity contribution < 1.29 is 31.0 Å². The minimum absolute atomic E-state index is 0. The molecule has 1 aliphatic carbocycles. The van der Waals surface area contributed by atoms with Gasteiger partial charge in [-0.05, 0) is 19.8 Å². The van der Waals surface area contributed by atoms with Crippen molar-refractivity contribution in [1.29, 1.82) is 0 Å². The van der Waals surface area contributed by atoms with Crippen LogP contribution in [0.15, 0.2) is 22.9 Å². The van der Waals surface area contributed by atoms with E-state index in [4.69, 9.17) is 14.0 Å². The Morgan fingerprint density at radius 2 is 1.39 bits per heavy atom. The Kier molecular flexibility index (Phi) is 23.8. The molecule has 0 aromatic heterocycles. The van der Waals surface area contributed by atoms with Gasteiger partial charge in [-0.25, -0.2) is 0 Å². The van der Waals surface area contributed by atoms with E-state index in [0.717, 1.165) is 0 Å². The summed E-state index contributed by atoms with van der Waals surface area (Å²) >= 11 is 0. The van der Waals surface area contributed by atoms with Crippen LogP contribution in [0, 0.1) is 20.0 Å². The minimum Gasteiger partial charge on any atom is 0 e. The SMILES string of the molecule is CC1=CC([Si](C)(C)C)=CCC1.[C-]#[O+].[C-]#[O+].[C-]#[O+].[Fe]. The third kappa shape index (κ3) is 13.5. The third-order valence-electron chi connectivity index (χ3n) is 2.17. The molecule has 0 amide bonds. The average Bonchev–Trinajstić information content (AvgIpc) is 2.36. The molecule has 1 rings (SSSR count). The van der Waals surface area contributed by atoms with E-state index in [0.29, 0.717) is 0 Å². The zero-order chi connectivity index (χ0) is 14.5. The summed E-state index contributed by atoms with van der Waals surface area (Å²) in [7, 11) is -1.01. The number of allylic oxidation sites excluding steroid dienone is 4. The molecule has 0 fully saturated rings. The normalized spacial score (nSPS) is 12.1. The summed E-state index contributed by atoms with van der Waals surface area (Å²) in [6, 6.07) is 0. The van der Waals surface area contributed by atoms with Gasteiger partial charge in [0.15, 0.2) is 0 Å². The van der Waals surface area contributed by atoms with Crippen molar-refractivity contribution in [2.24, 2.45) is 0 Å². The fourth-order valence-corrected chi connectivity index (χ4v) is 2.81. The zero-order valence-electron chi connectivity index (χ0n) is 11.1. The van der Waals surface area contributed by atoms with Gasteiger partial charge in [-0.15, -0.1) is 0 Å². The molecule has 0 radical (unpaired) electrons. The number of hydrogen-bond donors (Lipinski definition) is 0. The molecule has 18 heavy (non-hydrogen) atoms. The minimum atomic E-state index is -1.01. The van der Waals surface area contributed by atoms with Crippen LogP contribution in [0.3, 0.4) is 0 Å². The van der Waals surface area contributed by atoms with E-state index in [1.54, 1.807) is 10.8 Å². The quantitative estimate of drug-likeness (QED) is 0.405. The Bertz CT molecular complexity index is 305. The fourth-order valence-electron chi connectivity index (χ4n) is 1.37. The smallest absolute Gasteiger partial charge is 0 e. The van der Waals surface area contributed by atoms with Crippen LogP contribution in [0.25, 0.3) is 0 Å². The van der Waals surface area contributed by atoms with Crippen molar-refractivity contribution in [3.05, 3.63) is 42.9 Å². The van der Waals surface area contributed by atoms with Crippen LogP contribution >= 0.6 is 0 Å². The van der Waals surface area contributed by atoms with Crippen LogP contribution in [0.5, 0.6) is 0 Å². The van der Waals surface area contributed by atoms with Gasteiger partial charge in [0.25, 0.3) is 0 Å². The Morgan fingerprint density at radius 3 is 1.61 bits per heavy atom. The molecule has 1 aliphatic rings. The monoisotopic (exact) mass is 306 g/mol. The van der Waals surface area contributed by atoms with Crippen molar-refractivity contribution in [1.82, 2.24) is 0 Å². The van der Waals surface area contributed by atoms with Crippen molar-refractivity contribution in [2.45, 2.75) is 39.4 Å². The first kappa shape index (κ1) is 26.1. The zero-order valence-corrected chi connectivity index (χ0v) is 13.3. The van der Waals surface area contributed by atoms with Gasteiger partial charge in [0, 0.05) is 17.1 Å². The Morgan fingerprint density at radius 1 is 1.00 bits per heavy atom. The van der Waals surface area contributed by atoms with Gasteiger partial charge >= 0.3 is 33.9 Å². The topological polar surface area (TPSA) is 59.7 Å². The molecule has 0 unspecified atom stereocenters. The molecular weight excluding hydrogens is 288 g/mol. The molecule has 0 spiro atoms. The van der Waals surface area contributed by atoms with Crippen LogP contribution in [0.2, 0.25) is 19.6 Å². The van der Waals surface area contributed by atoms with Crippen molar-refractivity contribution in [3.63, 3.8) is 0 Å². The van der Waals surface area contributed by atoms with E-state index in [2.05, 4.69) is 58.7 Å². The molecular formula is C13H18FeO3Si. The summed E-state index contributed by atoms with van der Waals surface area (Å²) in [6.45, 7) is 23.0. The number of rotatable bonds is 1. The van der Waals surface area contributed by atoms with E-state index < -0.39 is 8.07 Å². The van der Waals surface area contributed by atoms with E-state index in [1.165, 1.54) is 12.8 Å². The first-order valence-corrected chi connectivity index (χ1v) is 8.49. The van der Waals surface area contributed by atoms with Crippen LogP contribution in [-0.4, -0.2) is 8.07 Å². The van der Waals surface area contributed by atoms with E-state index in [-0.39, 0.29) is 17.1 Å². The summed E-state index contributed by atoms with van der Waals surface area (Å²) in [5.41, 5.74) is 1.56. The Labute approximate surface area is 121 Å². The summed E-state index contributed by atoms with van der Waals surface area (Å²) in [5.74, 6) is 0. The van der Waals surface area contributed by atoms with Crippen molar-refractivity contribution in [2.75, 3.05) is 0 Å². The Balaban J connectivity index is -0.000000123. The van der Waals surface area contributed by atoms with E-state index in [9.17, 15) is 0 Å². The molecule has 0 aromatic carbocycles. The van der Waals surface area contributed by atoms with Gasteiger partial charge in [0.05, 0.1) is 8.07 Å². The predicted octanol–water partition coefficient (Wildman–Crippen LogP) is 3.42. The van der Waals surface area contributed by atoms with Crippen molar-refractivity contribution >= 4 is 8.07 Å². The third-order valence-corrected chi connectivity index (χ3v) is 4.25. The van der Waals surface area contributed by atoms with E-state index >= 15 is 0 Å². The second-order valence-electron chi connectivity index (χ2n) is 4.44. The molecule has 5 heteroatoms. The molecule has 0 saturated heterocycles. The maximum absolute atomic E-state index is 7.50. The fraction of sp³-hybridized carbons (Fsp3) is 0.462. The largest absolute Gasteiger partial charge is 0 e. The van der Waals surface area contributed by atoms with Crippen LogP contribution in [0.4, 0.5) is 0 Å². The molecule has 0 aliphatic heterocycles. The second kappa shape index (κ2) is 16.4. The van der Waals surface area contributed by atoms with Crippen LogP contribution in [-0.2, 0) is 31.0 Å². The summed E-state index contributed by atoms with van der Waals surface area (Å²) in [6.07, 6.45) is 7.37. The predicted molar refractivity (Wildman–Crippen MR) is 66.2 cm³/mol. The van der Waals surface area contributed by atoms with Gasteiger partial charge in [0.2, 0.25) is 0 Å². The average molecular weight is 306 g/mol. The molecule has 100 valence electrons. The molecule has 0 atom stereocenters. The number of hydrogen-bond acceptors (Lipinski definition) is 0. The van der Waals surface area contributed by atoms with Gasteiger partial charge in [0.1, 0.15) is 0 Å². The maximum Gasteiger partial charge on any atom is 0 e. The molecule has 3 nitrogen and oxygen atoms in total. The summed E-state index contributed by atoms with van der Waals surface area (Å²) in [5, 5.41) is 1.64. The first-order chi connectivity index (χ1) is 8.00. The van der Waals surface area contributed by atoms with Gasteiger partial charge < -0.3 is 0 Å². The second-order valence-corrected chi connectivity index (χ2v) is 9.52. The molecule has 0 aromatic rings.